The lowest BCUT2D eigenvalue weighted by Gasteiger charge is -2.40. The van der Waals surface area contributed by atoms with E-state index in [1.54, 1.807) is 17.0 Å². The molecule has 0 spiro atoms. The largest absolute Gasteiger partial charge is 0.493 e. The molecule has 8 nitrogen and oxygen atoms in total. The Morgan fingerprint density at radius 3 is 2.33 bits per heavy atom. The molecule has 2 aliphatic carbocycles. The van der Waals surface area contributed by atoms with Crippen LogP contribution in [0.4, 0.5) is 10.1 Å². The zero-order valence-electron chi connectivity index (χ0n) is 19.2. The summed E-state index contributed by atoms with van der Waals surface area (Å²) >= 11 is 0. The molecule has 33 heavy (non-hydrogen) atoms. The molecule has 9 heteroatoms. The van der Waals surface area contributed by atoms with Crippen molar-refractivity contribution in [1.82, 2.24) is 10.2 Å². The summed E-state index contributed by atoms with van der Waals surface area (Å²) < 4.78 is 25.3. The van der Waals surface area contributed by atoms with E-state index in [-0.39, 0.29) is 23.5 Å². The monoisotopic (exact) mass is 458 g/mol. The van der Waals surface area contributed by atoms with Crippen molar-refractivity contribution in [3.05, 3.63) is 17.9 Å². The van der Waals surface area contributed by atoms with Gasteiger partial charge in [-0.05, 0) is 37.8 Å². The van der Waals surface area contributed by atoms with E-state index < -0.39 is 17.3 Å². The minimum atomic E-state index is -0.725. The van der Waals surface area contributed by atoms with E-state index in [0.717, 1.165) is 12.8 Å². The molecular formula is C24H31FN4O4. The summed E-state index contributed by atoms with van der Waals surface area (Å²) in [7, 11) is 2.87. The number of hydrogen-bond acceptors (Lipinski definition) is 6. The van der Waals surface area contributed by atoms with Gasteiger partial charge >= 0.3 is 0 Å². The van der Waals surface area contributed by atoms with Gasteiger partial charge in [0.05, 0.1) is 26.0 Å². The van der Waals surface area contributed by atoms with Crippen molar-refractivity contribution in [2.45, 2.75) is 44.1 Å². The van der Waals surface area contributed by atoms with Gasteiger partial charge in [0.15, 0.2) is 17.3 Å². The first-order valence-corrected chi connectivity index (χ1v) is 11.6. The highest BCUT2D eigenvalue weighted by Crippen LogP contribution is 2.38. The lowest BCUT2D eigenvalue weighted by atomic mass is 9.77. The summed E-state index contributed by atoms with van der Waals surface area (Å²) in [4.78, 5) is 30.0. The summed E-state index contributed by atoms with van der Waals surface area (Å²) in [6.45, 7) is 1.89. The fourth-order valence-corrected chi connectivity index (χ4v) is 4.98. The van der Waals surface area contributed by atoms with Crippen LogP contribution in [-0.2, 0) is 9.59 Å². The number of halogens is 1. The standard InChI is InChI=1S/C24H31FN4O4/c1-32-19-8-7-18(20(25)21(19)33-2)28-11-13-29(14-12-28)23(31)17-6-4-3-5-16(17)22(30)27-24(15-26)9-10-24/h7-8,16-17H,3-6,9-14H2,1-2H3,(H,27,30)/t16?,17-/m1/s1. The highest BCUT2D eigenvalue weighted by molar-refractivity contribution is 5.89. The van der Waals surface area contributed by atoms with Crippen molar-refractivity contribution in [2.24, 2.45) is 11.8 Å². The molecule has 178 valence electrons. The van der Waals surface area contributed by atoms with Crippen LogP contribution in [0.25, 0.3) is 0 Å². The summed E-state index contributed by atoms with van der Waals surface area (Å²) in [5, 5.41) is 12.2. The molecular weight excluding hydrogens is 427 g/mol. The van der Waals surface area contributed by atoms with E-state index in [9.17, 15) is 19.2 Å². The zero-order chi connectivity index (χ0) is 23.6. The maximum Gasteiger partial charge on any atom is 0.226 e. The third kappa shape index (κ3) is 4.56. The number of amides is 2. The molecule has 2 saturated carbocycles. The number of ether oxygens (including phenoxy) is 2. The molecule has 2 atom stereocenters. The van der Waals surface area contributed by atoms with E-state index in [1.165, 1.54) is 14.2 Å². The quantitative estimate of drug-likeness (QED) is 0.704. The number of nitrogens with one attached hydrogen (secondary N) is 1. The number of methoxy groups -OCH3 is 2. The molecule has 1 N–H and O–H groups in total. The molecule has 4 rings (SSSR count). The fraction of sp³-hybridized carbons (Fsp3) is 0.625. The first kappa shape index (κ1) is 23.1. The molecule has 3 fully saturated rings. The Hall–Kier alpha value is -3.02. The van der Waals surface area contributed by atoms with E-state index in [0.29, 0.717) is 63.3 Å². The number of hydrogen-bond donors (Lipinski definition) is 1. The van der Waals surface area contributed by atoms with Gasteiger partial charge in [-0.15, -0.1) is 0 Å². The van der Waals surface area contributed by atoms with E-state index in [2.05, 4.69) is 11.4 Å². The number of piperazine rings is 1. The second kappa shape index (κ2) is 9.46. The second-order valence-corrected chi connectivity index (χ2v) is 9.13. The maximum absolute atomic E-state index is 15.0. The molecule has 1 heterocycles. The van der Waals surface area contributed by atoms with Crippen LogP contribution in [0, 0.1) is 29.0 Å². The number of nitriles is 1. The van der Waals surface area contributed by atoms with Crippen LogP contribution in [0.5, 0.6) is 11.5 Å². The molecule has 1 unspecified atom stereocenters. The molecule has 0 bridgehead atoms. The number of anilines is 1. The first-order valence-electron chi connectivity index (χ1n) is 11.6. The highest BCUT2D eigenvalue weighted by atomic mass is 19.1. The van der Waals surface area contributed by atoms with Crippen molar-refractivity contribution in [3.8, 4) is 17.6 Å². The minimum absolute atomic E-state index is 0.0101. The van der Waals surface area contributed by atoms with Gasteiger partial charge < -0.3 is 24.6 Å². The summed E-state index contributed by atoms with van der Waals surface area (Å²) in [5.41, 5.74) is -0.307. The van der Waals surface area contributed by atoms with Crippen LogP contribution in [0.3, 0.4) is 0 Å². The summed E-state index contributed by atoms with van der Waals surface area (Å²) in [6.07, 6.45) is 4.53. The van der Waals surface area contributed by atoms with Gasteiger partial charge in [0.2, 0.25) is 11.8 Å². The van der Waals surface area contributed by atoms with Crippen molar-refractivity contribution in [1.29, 1.82) is 5.26 Å². The zero-order valence-corrected chi connectivity index (χ0v) is 19.2. The van der Waals surface area contributed by atoms with E-state index in [1.807, 2.05) is 4.90 Å². The second-order valence-electron chi connectivity index (χ2n) is 9.13. The Labute approximate surface area is 193 Å². The molecule has 3 aliphatic rings. The molecule has 0 aromatic heterocycles. The van der Waals surface area contributed by atoms with Crippen molar-refractivity contribution in [2.75, 3.05) is 45.3 Å². The first-order chi connectivity index (χ1) is 15.9. The smallest absolute Gasteiger partial charge is 0.226 e. The maximum atomic E-state index is 15.0. The van der Waals surface area contributed by atoms with Gasteiger partial charge in [-0.1, -0.05) is 12.8 Å². The predicted octanol–water partition coefficient (Wildman–Crippen LogP) is 2.47. The normalized spacial score (nSPS) is 23.9. The summed E-state index contributed by atoms with van der Waals surface area (Å²) in [6, 6.07) is 5.53. The van der Waals surface area contributed by atoms with Gasteiger partial charge in [0, 0.05) is 38.0 Å². The van der Waals surface area contributed by atoms with E-state index >= 15 is 0 Å². The number of rotatable bonds is 6. The Morgan fingerprint density at radius 1 is 1.09 bits per heavy atom. The lowest BCUT2D eigenvalue weighted by Crippen LogP contribution is -2.53. The van der Waals surface area contributed by atoms with E-state index in [4.69, 9.17) is 9.47 Å². The van der Waals surface area contributed by atoms with Gasteiger partial charge in [0.25, 0.3) is 0 Å². The topological polar surface area (TPSA) is 94.9 Å². The van der Waals surface area contributed by atoms with Crippen LogP contribution >= 0.6 is 0 Å². The van der Waals surface area contributed by atoms with Crippen LogP contribution in [0.15, 0.2) is 12.1 Å². The van der Waals surface area contributed by atoms with Crippen LogP contribution < -0.4 is 19.7 Å². The number of nitrogens with zero attached hydrogens (tertiary/aromatic N) is 3. The van der Waals surface area contributed by atoms with Crippen molar-refractivity contribution < 1.29 is 23.5 Å². The van der Waals surface area contributed by atoms with Crippen molar-refractivity contribution in [3.63, 3.8) is 0 Å². The average Bonchev–Trinajstić information content (AvgIpc) is 3.63. The Bertz CT molecular complexity index is 951. The lowest BCUT2D eigenvalue weighted by molar-refractivity contribution is -0.144. The molecule has 0 radical (unpaired) electrons. The fourth-order valence-electron chi connectivity index (χ4n) is 4.98. The van der Waals surface area contributed by atoms with Crippen LogP contribution in [0.1, 0.15) is 38.5 Å². The molecule has 1 aliphatic heterocycles. The van der Waals surface area contributed by atoms with Gasteiger partial charge in [0.1, 0.15) is 5.54 Å². The highest BCUT2D eigenvalue weighted by Gasteiger charge is 2.47. The third-order valence-corrected chi connectivity index (χ3v) is 7.14. The number of carbonyl (C=O) groups excluding carboxylic acids is 2. The van der Waals surface area contributed by atoms with Gasteiger partial charge in [-0.2, -0.15) is 5.26 Å². The van der Waals surface area contributed by atoms with Crippen LogP contribution in [-0.4, -0.2) is 62.7 Å². The molecule has 2 amide bonds. The van der Waals surface area contributed by atoms with Crippen molar-refractivity contribution >= 4 is 17.5 Å². The molecule has 1 aromatic carbocycles. The van der Waals surface area contributed by atoms with Crippen LogP contribution in [0.2, 0.25) is 0 Å². The molecule has 1 saturated heterocycles. The van der Waals surface area contributed by atoms with Gasteiger partial charge in [-0.3, -0.25) is 9.59 Å². The Morgan fingerprint density at radius 2 is 1.76 bits per heavy atom. The Balaban J connectivity index is 1.40. The number of carbonyl (C=O) groups is 2. The SMILES string of the molecule is COc1ccc(N2CCN(C(=O)[C@@H]3CCCCC3C(=O)NC3(C#N)CC3)CC2)c(F)c1OC. The minimum Gasteiger partial charge on any atom is -0.493 e. The van der Waals surface area contributed by atoms with Gasteiger partial charge in [-0.25, -0.2) is 4.39 Å². The predicted molar refractivity (Wildman–Crippen MR) is 119 cm³/mol. The average molecular weight is 459 g/mol. The summed E-state index contributed by atoms with van der Waals surface area (Å²) in [5.74, 6) is -1.01. The Kier molecular flexibility index (Phi) is 6.63. The number of benzene rings is 1. The third-order valence-electron chi connectivity index (χ3n) is 7.14. The molecule has 1 aromatic rings.